The molecule has 442 valence electrons. The summed E-state index contributed by atoms with van der Waals surface area (Å²) in [5, 5.41) is 31.6. The first kappa shape index (κ1) is 67.3. The molecule has 1 heterocycles. The number of benzene rings is 2. The Morgan fingerprint density at radius 1 is 0.772 bits per heavy atom. The van der Waals surface area contributed by atoms with E-state index in [1.54, 1.807) is 55.1 Å². The molecule has 8 N–H and O–H groups in total. The molecule has 21 nitrogen and oxygen atoms in total. The molecule has 21 heteroatoms. The lowest BCUT2D eigenvalue weighted by molar-refractivity contribution is -0.149. The number of likely N-dealkylation sites (tertiary alicyclic amines) is 1. The second-order valence-electron chi connectivity index (χ2n) is 21.6. The van der Waals surface area contributed by atoms with E-state index >= 15 is 0 Å². The Balaban J connectivity index is 1.63. The number of nitrogens with two attached hydrogens (primary N) is 1. The molecule has 3 rings (SSSR count). The van der Waals surface area contributed by atoms with Gasteiger partial charge in [0.15, 0.2) is 0 Å². The topological polar surface area (TPSA) is 289 Å². The molecule has 11 atom stereocenters. The largest absolute Gasteiger partial charge is 0.480 e. The number of carbonyl (C=O) groups is 8. The second kappa shape index (κ2) is 34.2. The zero-order valence-corrected chi connectivity index (χ0v) is 48.5. The molecule has 79 heavy (non-hydrogen) atoms. The molecule has 0 bridgehead atoms. The highest BCUT2D eigenvalue weighted by Gasteiger charge is 2.44. The predicted octanol–water partition coefficient (Wildman–Crippen LogP) is 3.74. The van der Waals surface area contributed by atoms with Crippen molar-refractivity contribution in [2.45, 2.75) is 181 Å². The molecule has 0 radical (unpaired) electrons. The van der Waals surface area contributed by atoms with Crippen LogP contribution in [0.5, 0.6) is 0 Å². The molecular formula is C58H92N8O13. The van der Waals surface area contributed by atoms with Crippen molar-refractivity contribution in [2.24, 2.45) is 29.4 Å². The summed E-state index contributed by atoms with van der Waals surface area (Å²) in [6, 6.07) is 13.0. The molecule has 7 amide bonds. The van der Waals surface area contributed by atoms with E-state index in [2.05, 4.69) is 21.3 Å². The molecule has 1 saturated heterocycles. The normalized spacial score (nSPS) is 17.3. The minimum atomic E-state index is -1.48. The summed E-state index contributed by atoms with van der Waals surface area (Å²) in [6.07, 6.45) is 0.446. The highest BCUT2D eigenvalue weighted by Crippen LogP contribution is 2.30. The van der Waals surface area contributed by atoms with Gasteiger partial charge in [0.1, 0.15) is 18.1 Å². The SMILES string of the molecule is CC[C@H](C)[C@@H]([C@@H](CC(=O)N1CCC[C@H]1[C@H](OC)[C@@H](C)C(=O)N[C@@H](Cc1ccccc1)C(=O)O)OC)N(C)C(=O)[C@@H](NC(=O)[C@H](C(C)C)N(C)C(=O)CCCCCNC(=O)C(CCC(N)=O)NC(O)OCc1ccccc1)C(C)C. The van der Waals surface area contributed by atoms with E-state index < -0.39 is 90.4 Å². The van der Waals surface area contributed by atoms with Gasteiger partial charge in [-0.05, 0) is 61.0 Å². The molecule has 1 aliphatic heterocycles. The average Bonchev–Trinajstić information content (AvgIpc) is 3.93. The summed E-state index contributed by atoms with van der Waals surface area (Å²) >= 11 is 0. The van der Waals surface area contributed by atoms with E-state index in [1.807, 2.05) is 77.9 Å². The minimum absolute atomic E-state index is 0.0379. The number of aliphatic hydroxyl groups excluding tert-OH is 1. The number of aliphatic hydroxyl groups is 1. The molecule has 0 aliphatic carbocycles. The molecule has 0 saturated carbocycles. The van der Waals surface area contributed by atoms with Crippen molar-refractivity contribution < 1.29 is 62.8 Å². The van der Waals surface area contributed by atoms with Crippen LogP contribution in [0, 0.1) is 23.7 Å². The van der Waals surface area contributed by atoms with E-state index in [0.717, 1.165) is 11.1 Å². The first-order chi connectivity index (χ1) is 37.5. The van der Waals surface area contributed by atoms with E-state index in [1.165, 1.54) is 19.1 Å². The van der Waals surface area contributed by atoms with Crippen molar-refractivity contribution in [1.82, 2.24) is 36.0 Å². The van der Waals surface area contributed by atoms with Crippen molar-refractivity contribution in [3.05, 3.63) is 71.8 Å². The molecule has 0 aromatic heterocycles. The first-order valence-electron chi connectivity index (χ1n) is 27.9. The quantitative estimate of drug-likeness (QED) is 0.0378. The van der Waals surface area contributed by atoms with Gasteiger partial charge in [-0.15, -0.1) is 0 Å². The number of aliphatic carboxylic acids is 1. The fraction of sp³-hybridized carbons (Fsp3) is 0.655. The number of hydrogen-bond donors (Lipinski definition) is 7. The van der Waals surface area contributed by atoms with Crippen molar-refractivity contribution >= 4 is 47.3 Å². The monoisotopic (exact) mass is 1110 g/mol. The number of primary amides is 1. The van der Waals surface area contributed by atoms with Crippen molar-refractivity contribution in [2.75, 3.05) is 41.4 Å². The first-order valence-corrected chi connectivity index (χ1v) is 27.9. The van der Waals surface area contributed by atoms with Crippen LogP contribution >= 0.6 is 0 Å². The van der Waals surface area contributed by atoms with Gasteiger partial charge >= 0.3 is 5.97 Å². The summed E-state index contributed by atoms with van der Waals surface area (Å²) in [6.45, 7) is 13.7. The molecule has 1 fully saturated rings. The molecular weight excluding hydrogens is 1020 g/mol. The maximum Gasteiger partial charge on any atom is 0.326 e. The second-order valence-corrected chi connectivity index (χ2v) is 21.6. The van der Waals surface area contributed by atoms with E-state index in [9.17, 15) is 48.6 Å². The lowest BCUT2D eigenvalue weighted by Crippen LogP contribution is -2.60. The Bertz CT molecular complexity index is 2240. The van der Waals surface area contributed by atoms with Crippen molar-refractivity contribution in [3.8, 4) is 0 Å². The summed E-state index contributed by atoms with van der Waals surface area (Å²) in [5.41, 5.74) is 6.91. The molecule has 0 spiro atoms. The van der Waals surface area contributed by atoms with Crippen LogP contribution in [0.25, 0.3) is 0 Å². The predicted molar refractivity (Wildman–Crippen MR) is 298 cm³/mol. The van der Waals surface area contributed by atoms with Gasteiger partial charge in [-0.2, -0.15) is 0 Å². The third kappa shape index (κ3) is 21.2. The number of carboxylic acid groups (broad SMARTS) is 1. The van der Waals surface area contributed by atoms with Crippen LogP contribution in [0.2, 0.25) is 0 Å². The number of rotatable bonds is 36. The molecule has 2 aromatic carbocycles. The maximum absolute atomic E-state index is 14.7. The molecule has 1 aliphatic rings. The fourth-order valence-electron chi connectivity index (χ4n) is 10.3. The Kier molecular flexibility index (Phi) is 29.1. The number of carbonyl (C=O) groups excluding carboxylic acids is 7. The van der Waals surface area contributed by atoms with Gasteiger partial charge in [0.2, 0.25) is 47.8 Å². The number of methoxy groups -OCH3 is 2. The number of likely N-dealkylation sites (N-methyl/N-ethyl adjacent to an activating group) is 2. The fourth-order valence-corrected chi connectivity index (χ4v) is 10.3. The van der Waals surface area contributed by atoms with Crippen LogP contribution in [0.1, 0.15) is 124 Å². The minimum Gasteiger partial charge on any atom is -0.480 e. The van der Waals surface area contributed by atoms with E-state index in [0.29, 0.717) is 45.1 Å². The Labute approximate surface area is 467 Å². The van der Waals surface area contributed by atoms with Gasteiger partial charge in [0.25, 0.3) is 0 Å². The van der Waals surface area contributed by atoms with Gasteiger partial charge in [-0.3, -0.25) is 38.9 Å². The van der Waals surface area contributed by atoms with Gasteiger partial charge in [-0.25, -0.2) is 4.79 Å². The Hall–Kier alpha value is -6.00. The summed E-state index contributed by atoms with van der Waals surface area (Å²) < 4.78 is 17.4. The van der Waals surface area contributed by atoms with Gasteiger partial charge in [-0.1, -0.05) is 122 Å². The summed E-state index contributed by atoms with van der Waals surface area (Å²) in [7, 11) is 6.18. The zero-order valence-electron chi connectivity index (χ0n) is 48.5. The third-order valence-corrected chi connectivity index (χ3v) is 15.1. The highest BCUT2D eigenvalue weighted by atomic mass is 16.6. The third-order valence-electron chi connectivity index (χ3n) is 15.1. The number of hydrogen-bond acceptors (Lipinski definition) is 13. The number of amides is 7. The molecule has 2 unspecified atom stereocenters. The standard InChI is InChI=1S/C58H92N8O13/c1-12-38(6)51(45(77-10)34-48(69)66-32-22-27-44(66)52(78-11)39(7)53(70)61-43(57(74)75)33-40-23-16-13-17-24-40)65(9)56(73)49(36(2)3)63-55(72)50(37(4)5)64(8)47(68)28-20-15-21-31-60-54(71)42(29-30-46(59)67)62-58(76)79-35-41-25-18-14-19-26-41/h13-14,16-19,23-26,36-39,42-45,49-52,58,62,76H,12,15,20-22,27-35H2,1-11H3,(H2,59,67)(H,60,71)(H,61,70)(H,63,72)(H,74,75)/t38-,39+,42?,43-,44-,45+,49-,50-,51-,52+,58?/m0/s1. The van der Waals surface area contributed by atoms with Crippen LogP contribution in [0.15, 0.2) is 60.7 Å². The van der Waals surface area contributed by atoms with Crippen LogP contribution in [0.4, 0.5) is 0 Å². The number of unbranched alkanes of at least 4 members (excludes halogenated alkanes) is 2. The number of nitrogens with zero attached hydrogens (tertiary/aromatic N) is 3. The molecule has 2 aromatic rings. The van der Waals surface area contributed by atoms with Crippen LogP contribution in [-0.4, -0.2) is 169 Å². The van der Waals surface area contributed by atoms with Gasteiger partial charge in [0.05, 0.1) is 49.3 Å². The van der Waals surface area contributed by atoms with E-state index in [4.69, 9.17) is 19.9 Å². The Morgan fingerprint density at radius 3 is 1.96 bits per heavy atom. The average molecular weight is 1110 g/mol. The van der Waals surface area contributed by atoms with E-state index in [-0.39, 0.29) is 80.7 Å². The van der Waals surface area contributed by atoms with Crippen molar-refractivity contribution in [3.63, 3.8) is 0 Å². The Morgan fingerprint density at radius 2 is 1.41 bits per heavy atom. The van der Waals surface area contributed by atoms with Crippen LogP contribution in [-0.2, 0) is 65.6 Å². The number of nitrogens with one attached hydrogen (secondary N) is 4. The van der Waals surface area contributed by atoms with Crippen LogP contribution < -0.4 is 27.0 Å². The summed E-state index contributed by atoms with van der Waals surface area (Å²) in [4.78, 5) is 112. The van der Waals surface area contributed by atoms with Crippen LogP contribution in [0.3, 0.4) is 0 Å². The zero-order chi connectivity index (χ0) is 58.9. The van der Waals surface area contributed by atoms with Gasteiger partial charge < -0.3 is 60.8 Å². The number of carboxylic acids is 1. The maximum atomic E-state index is 14.7. The highest BCUT2D eigenvalue weighted by molar-refractivity contribution is 5.92. The van der Waals surface area contributed by atoms with Crippen molar-refractivity contribution in [1.29, 1.82) is 0 Å². The lowest BCUT2D eigenvalue weighted by Gasteiger charge is -2.41. The summed E-state index contributed by atoms with van der Waals surface area (Å²) in [5.74, 6) is -5.81. The van der Waals surface area contributed by atoms with Gasteiger partial charge in [0, 0.05) is 60.7 Å². The smallest absolute Gasteiger partial charge is 0.326 e. The lowest BCUT2D eigenvalue weighted by atomic mass is 9.89. The number of ether oxygens (including phenoxy) is 3.